The first-order chi connectivity index (χ1) is 18.6. The smallest absolute Gasteiger partial charge is 0.228 e. The van der Waals surface area contributed by atoms with Crippen molar-refractivity contribution in [3.63, 3.8) is 0 Å². The third-order valence-electron chi connectivity index (χ3n) is 6.66. The average Bonchev–Trinajstić information content (AvgIpc) is 2.96. The van der Waals surface area contributed by atoms with Gasteiger partial charge < -0.3 is 14.2 Å². The molecule has 0 aliphatic carbocycles. The van der Waals surface area contributed by atoms with Crippen LogP contribution < -0.4 is 19.7 Å². The van der Waals surface area contributed by atoms with Crippen molar-refractivity contribution in [1.29, 1.82) is 5.41 Å². The fraction of sp³-hybridized carbons (Fsp3) is 0.100. The molecule has 1 aromatic heterocycles. The van der Waals surface area contributed by atoms with Crippen molar-refractivity contribution in [3.8, 4) is 23.1 Å². The molecule has 188 valence electrons. The van der Waals surface area contributed by atoms with Crippen molar-refractivity contribution in [1.82, 2.24) is 9.66 Å². The molecule has 6 rings (SSSR count). The highest BCUT2D eigenvalue weighted by atomic mass is 79.9. The Morgan fingerprint density at radius 3 is 2.34 bits per heavy atom. The van der Waals surface area contributed by atoms with Crippen molar-refractivity contribution in [2.24, 2.45) is 5.10 Å². The lowest BCUT2D eigenvalue weighted by Crippen LogP contribution is -2.28. The van der Waals surface area contributed by atoms with Gasteiger partial charge in [-0.1, -0.05) is 40.2 Å². The first-order valence-electron chi connectivity index (χ1n) is 11.9. The van der Waals surface area contributed by atoms with E-state index >= 15 is 0 Å². The highest BCUT2D eigenvalue weighted by Gasteiger charge is 2.33. The maximum atomic E-state index is 9.17. The monoisotopic (exact) mass is 566 g/mol. The Labute approximate surface area is 227 Å². The van der Waals surface area contributed by atoms with Crippen LogP contribution in [0.25, 0.3) is 10.8 Å². The predicted octanol–water partition coefficient (Wildman–Crippen LogP) is 6.46. The molecule has 38 heavy (non-hydrogen) atoms. The minimum atomic E-state index is -0.298. The number of ether oxygens (including phenoxy) is 3. The van der Waals surface area contributed by atoms with Gasteiger partial charge in [-0.05, 0) is 76.5 Å². The summed E-state index contributed by atoms with van der Waals surface area (Å²) in [6.45, 7) is 0. The lowest BCUT2D eigenvalue weighted by atomic mass is 9.81. The van der Waals surface area contributed by atoms with Gasteiger partial charge in [-0.25, -0.2) is 9.66 Å². The van der Waals surface area contributed by atoms with Gasteiger partial charge in [-0.15, -0.1) is 0 Å². The SMILES string of the molecule is COc1ccc(/C=N/n2cnc3c(c2=N)C(c2ccc(OC)cc2)c2c(ccc4cc(Br)ccc24)O3)cc1. The van der Waals surface area contributed by atoms with E-state index in [4.69, 9.17) is 14.2 Å². The maximum absolute atomic E-state index is 9.17. The van der Waals surface area contributed by atoms with Gasteiger partial charge in [-0.2, -0.15) is 5.10 Å². The lowest BCUT2D eigenvalue weighted by molar-refractivity contribution is 0.414. The number of rotatable bonds is 5. The van der Waals surface area contributed by atoms with Gasteiger partial charge in [0.15, 0.2) is 5.49 Å². The Balaban J connectivity index is 1.53. The van der Waals surface area contributed by atoms with E-state index in [-0.39, 0.29) is 11.4 Å². The fourth-order valence-electron chi connectivity index (χ4n) is 4.78. The molecule has 1 unspecified atom stereocenters. The minimum absolute atomic E-state index is 0.195. The van der Waals surface area contributed by atoms with Gasteiger partial charge in [0.25, 0.3) is 0 Å². The van der Waals surface area contributed by atoms with Crippen LogP contribution >= 0.6 is 15.9 Å². The second kappa shape index (κ2) is 9.79. The Hall–Kier alpha value is -4.43. The second-order valence-corrected chi connectivity index (χ2v) is 9.74. The third kappa shape index (κ3) is 4.22. The normalized spacial score (nSPS) is 14.1. The first-order valence-corrected chi connectivity index (χ1v) is 12.7. The highest BCUT2D eigenvalue weighted by molar-refractivity contribution is 9.10. The van der Waals surface area contributed by atoms with Gasteiger partial charge >= 0.3 is 0 Å². The number of benzene rings is 4. The number of hydrogen-bond donors (Lipinski definition) is 1. The van der Waals surface area contributed by atoms with Crippen LogP contribution in [0.3, 0.4) is 0 Å². The number of fused-ring (bicyclic) bond motifs is 4. The number of hydrogen-bond acceptors (Lipinski definition) is 6. The van der Waals surface area contributed by atoms with Crippen molar-refractivity contribution >= 4 is 32.9 Å². The van der Waals surface area contributed by atoms with E-state index in [1.165, 1.54) is 11.0 Å². The Morgan fingerprint density at radius 1 is 0.921 bits per heavy atom. The Bertz CT molecular complexity index is 1750. The average molecular weight is 567 g/mol. The zero-order valence-corrected chi connectivity index (χ0v) is 22.3. The summed E-state index contributed by atoms with van der Waals surface area (Å²) in [4.78, 5) is 4.58. The van der Waals surface area contributed by atoms with E-state index in [0.29, 0.717) is 11.4 Å². The first kappa shape index (κ1) is 23.9. The molecule has 0 saturated carbocycles. The molecule has 8 heteroatoms. The zero-order chi connectivity index (χ0) is 26.2. The molecule has 2 heterocycles. The van der Waals surface area contributed by atoms with Crippen LogP contribution in [-0.4, -0.2) is 30.1 Å². The second-order valence-electron chi connectivity index (χ2n) is 8.83. The van der Waals surface area contributed by atoms with E-state index in [1.54, 1.807) is 20.4 Å². The quantitative estimate of drug-likeness (QED) is 0.243. The molecular weight excluding hydrogens is 544 g/mol. The summed E-state index contributed by atoms with van der Waals surface area (Å²) in [5.41, 5.74) is 3.70. The molecule has 1 atom stereocenters. The van der Waals surface area contributed by atoms with Crippen LogP contribution in [0, 0.1) is 5.41 Å². The van der Waals surface area contributed by atoms with Crippen molar-refractivity contribution in [2.75, 3.05) is 14.2 Å². The Morgan fingerprint density at radius 2 is 1.63 bits per heavy atom. The van der Waals surface area contributed by atoms with Crippen molar-refractivity contribution in [3.05, 3.63) is 117 Å². The Kier molecular flexibility index (Phi) is 6.17. The van der Waals surface area contributed by atoms with Crippen LogP contribution in [0.15, 0.2) is 94.8 Å². The summed E-state index contributed by atoms with van der Waals surface area (Å²) >= 11 is 3.58. The summed E-state index contributed by atoms with van der Waals surface area (Å²) in [6, 6.07) is 25.7. The molecule has 0 radical (unpaired) electrons. The van der Waals surface area contributed by atoms with Crippen molar-refractivity contribution < 1.29 is 14.2 Å². The zero-order valence-electron chi connectivity index (χ0n) is 20.7. The number of nitrogens with one attached hydrogen (secondary N) is 1. The molecule has 0 fully saturated rings. The summed E-state index contributed by atoms with van der Waals surface area (Å²) in [6.07, 6.45) is 3.20. The lowest BCUT2D eigenvalue weighted by Gasteiger charge is -2.29. The molecule has 1 N–H and O–H groups in total. The van der Waals surface area contributed by atoms with Gasteiger partial charge in [0.05, 0.1) is 26.0 Å². The van der Waals surface area contributed by atoms with Crippen LogP contribution in [0.2, 0.25) is 0 Å². The summed E-state index contributed by atoms with van der Waals surface area (Å²) in [5.74, 6) is 2.35. The number of nitrogens with zero attached hydrogens (tertiary/aromatic N) is 3. The van der Waals surface area contributed by atoms with Gasteiger partial charge in [0, 0.05) is 16.0 Å². The highest BCUT2D eigenvalue weighted by Crippen LogP contribution is 2.48. The van der Waals surface area contributed by atoms with Gasteiger partial charge in [-0.3, -0.25) is 5.41 Å². The van der Waals surface area contributed by atoms with E-state index in [0.717, 1.165) is 49.2 Å². The van der Waals surface area contributed by atoms with Crippen LogP contribution in [0.1, 0.15) is 28.2 Å². The van der Waals surface area contributed by atoms with E-state index in [2.05, 4.69) is 38.1 Å². The summed E-state index contributed by atoms with van der Waals surface area (Å²) in [7, 11) is 3.28. The number of aromatic nitrogens is 2. The molecule has 1 aliphatic heterocycles. The number of methoxy groups -OCH3 is 2. The largest absolute Gasteiger partial charge is 0.497 e. The predicted molar refractivity (Wildman–Crippen MR) is 150 cm³/mol. The fourth-order valence-corrected chi connectivity index (χ4v) is 5.16. The van der Waals surface area contributed by atoms with Gasteiger partial charge in [0.1, 0.15) is 23.6 Å². The molecule has 4 aromatic carbocycles. The third-order valence-corrected chi connectivity index (χ3v) is 7.16. The van der Waals surface area contributed by atoms with E-state index in [9.17, 15) is 5.41 Å². The van der Waals surface area contributed by atoms with Crippen molar-refractivity contribution in [2.45, 2.75) is 5.92 Å². The van der Waals surface area contributed by atoms with E-state index < -0.39 is 0 Å². The van der Waals surface area contributed by atoms with E-state index in [1.807, 2.05) is 66.7 Å². The van der Waals surface area contributed by atoms with Gasteiger partial charge in [0.2, 0.25) is 5.88 Å². The number of halogens is 1. The molecule has 0 bridgehead atoms. The maximum Gasteiger partial charge on any atom is 0.228 e. The van der Waals surface area contributed by atoms with Crippen LogP contribution in [-0.2, 0) is 0 Å². The molecule has 7 nitrogen and oxygen atoms in total. The minimum Gasteiger partial charge on any atom is -0.497 e. The summed E-state index contributed by atoms with van der Waals surface area (Å²) < 4.78 is 19.4. The van der Waals surface area contributed by atoms with Crippen LogP contribution in [0.5, 0.6) is 23.1 Å². The topological polar surface area (TPSA) is 81.7 Å². The van der Waals surface area contributed by atoms with Crippen LogP contribution in [0.4, 0.5) is 0 Å². The summed E-state index contributed by atoms with van der Waals surface area (Å²) in [5, 5.41) is 15.8. The molecule has 0 spiro atoms. The molecule has 5 aromatic rings. The standard InChI is InChI=1S/C30H23BrN4O3/c1-36-22-9-3-18(4-10-22)16-34-35-17-33-30-28(29(35)32)26(19-5-11-23(37-2)12-6-19)27-24-13-8-21(31)15-20(24)7-14-25(27)38-30/h3-17,26,32H,1-2H3/b32-29?,34-16+. The molecular formula is C30H23BrN4O3. The molecule has 0 saturated heterocycles. The molecule has 0 amide bonds. The molecule has 1 aliphatic rings.